The maximum atomic E-state index is 4.86. The van der Waals surface area contributed by atoms with Crippen LogP contribution in [0, 0.1) is 0 Å². The van der Waals surface area contributed by atoms with Crippen molar-refractivity contribution in [3.8, 4) is 0 Å². The van der Waals surface area contributed by atoms with Gasteiger partial charge in [0.15, 0.2) is 0 Å². The molecule has 0 spiro atoms. The molecule has 1 heterocycles. The second-order valence-electron chi connectivity index (χ2n) is 2.10. The molecule has 1 aromatic rings. The minimum absolute atomic E-state index is 0.685. The molecule has 1 N–H and O–H groups in total. The van der Waals surface area contributed by atoms with Gasteiger partial charge in [-0.25, -0.2) is 0 Å². The Morgan fingerprint density at radius 3 is 3.18 bits per heavy atom. The van der Waals surface area contributed by atoms with Crippen molar-refractivity contribution in [2.45, 2.75) is 6.54 Å². The fourth-order valence-corrected chi connectivity index (χ4v) is 0.853. The van der Waals surface area contributed by atoms with Gasteiger partial charge in [-0.05, 0) is 0 Å². The van der Waals surface area contributed by atoms with E-state index in [-0.39, 0.29) is 0 Å². The Morgan fingerprint density at radius 1 is 1.82 bits per heavy atom. The lowest BCUT2D eigenvalue weighted by atomic mass is 10.4. The Bertz CT molecular complexity index is 220. The molecule has 0 bridgehead atoms. The van der Waals surface area contributed by atoms with Gasteiger partial charge in [-0.3, -0.25) is 0 Å². The van der Waals surface area contributed by atoms with E-state index < -0.39 is 0 Å². The standard InChI is InChI=1S/C7H9BrN2O/c1-6(8)4-9-5-7-2-3-10-11-7/h2-3,9H,1,4-5H2. The highest BCUT2D eigenvalue weighted by molar-refractivity contribution is 9.11. The zero-order valence-electron chi connectivity index (χ0n) is 6.01. The summed E-state index contributed by atoms with van der Waals surface area (Å²) in [6, 6.07) is 1.82. The molecule has 0 aliphatic heterocycles. The van der Waals surface area contributed by atoms with Crippen molar-refractivity contribution in [2.75, 3.05) is 6.54 Å². The molecule has 1 rings (SSSR count). The van der Waals surface area contributed by atoms with Crippen molar-refractivity contribution in [1.82, 2.24) is 10.5 Å². The van der Waals surface area contributed by atoms with E-state index in [0.29, 0.717) is 6.54 Å². The van der Waals surface area contributed by atoms with E-state index in [1.165, 1.54) is 0 Å². The molecule has 4 heteroatoms. The van der Waals surface area contributed by atoms with Gasteiger partial charge in [0, 0.05) is 17.1 Å². The molecule has 0 aliphatic carbocycles. The molecular formula is C7H9BrN2O. The first kappa shape index (κ1) is 8.49. The van der Waals surface area contributed by atoms with Crippen LogP contribution < -0.4 is 5.32 Å². The molecule has 0 fully saturated rings. The molecular weight excluding hydrogens is 208 g/mol. The topological polar surface area (TPSA) is 38.1 Å². The fourth-order valence-electron chi connectivity index (χ4n) is 0.655. The summed E-state index contributed by atoms with van der Waals surface area (Å²) >= 11 is 3.24. The van der Waals surface area contributed by atoms with E-state index in [1.807, 2.05) is 6.07 Å². The van der Waals surface area contributed by atoms with Gasteiger partial charge in [0.05, 0.1) is 12.7 Å². The molecule has 3 nitrogen and oxygen atoms in total. The molecule has 0 saturated carbocycles. The van der Waals surface area contributed by atoms with E-state index in [1.54, 1.807) is 6.20 Å². The van der Waals surface area contributed by atoms with Crippen LogP contribution in [0.4, 0.5) is 0 Å². The Morgan fingerprint density at radius 2 is 2.64 bits per heavy atom. The summed E-state index contributed by atoms with van der Waals surface area (Å²) in [5.74, 6) is 0.832. The van der Waals surface area contributed by atoms with Crippen molar-refractivity contribution in [3.63, 3.8) is 0 Å². The van der Waals surface area contributed by atoms with E-state index in [0.717, 1.165) is 16.8 Å². The molecule has 0 atom stereocenters. The van der Waals surface area contributed by atoms with Gasteiger partial charge in [0.1, 0.15) is 5.76 Å². The van der Waals surface area contributed by atoms with Crippen LogP contribution in [0.5, 0.6) is 0 Å². The minimum Gasteiger partial charge on any atom is -0.360 e. The number of rotatable bonds is 4. The predicted molar refractivity (Wildman–Crippen MR) is 46.3 cm³/mol. The number of hydrogen-bond acceptors (Lipinski definition) is 3. The van der Waals surface area contributed by atoms with E-state index in [4.69, 9.17) is 4.52 Å². The maximum absolute atomic E-state index is 4.86. The summed E-state index contributed by atoms with van der Waals surface area (Å²) in [5, 5.41) is 6.68. The Balaban J connectivity index is 2.19. The summed E-state index contributed by atoms with van der Waals surface area (Å²) in [6.07, 6.45) is 1.62. The van der Waals surface area contributed by atoms with Crippen molar-refractivity contribution >= 4 is 15.9 Å². The molecule has 0 aromatic carbocycles. The van der Waals surface area contributed by atoms with Crippen LogP contribution in [-0.2, 0) is 6.54 Å². The van der Waals surface area contributed by atoms with Crippen molar-refractivity contribution in [2.24, 2.45) is 0 Å². The number of halogens is 1. The average Bonchev–Trinajstić information content (AvgIpc) is 2.39. The van der Waals surface area contributed by atoms with Crippen LogP contribution in [0.1, 0.15) is 5.76 Å². The largest absolute Gasteiger partial charge is 0.360 e. The molecule has 0 aliphatic rings. The van der Waals surface area contributed by atoms with Crippen molar-refractivity contribution in [3.05, 3.63) is 29.1 Å². The van der Waals surface area contributed by atoms with Crippen LogP contribution in [0.3, 0.4) is 0 Å². The van der Waals surface area contributed by atoms with Gasteiger partial charge in [-0.1, -0.05) is 27.7 Å². The first-order valence-corrected chi connectivity index (χ1v) is 4.02. The molecule has 1 aromatic heterocycles. The van der Waals surface area contributed by atoms with Gasteiger partial charge in [0.25, 0.3) is 0 Å². The van der Waals surface area contributed by atoms with Gasteiger partial charge in [-0.15, -0.1) is 0 Å². The quantitative estimate of drug-likeness (QED) is 0.833. The van der Waals surface area contributed by atoms with Crippen molar-refractivity contribution in [1.29, 1.82) is 0 Å². The second kappa shape index (κ2) is 4.31. The van der Waals surface area contributed by atoms with E-state index in [2.05, 4.69) is 33.0 Å². The molecule has 60 valence electrons. The number of nitrogens with one attached hydrogen (secondary N) is 1. The second-order valence-corrected chi connectivity index (χ2v) is 3.22. The third-order valence-corrected chi connectivity index (χ3v) is 1.39. The smallest absolute Gasteiger partial charge is 0.150 e. The first-order chi connectivity index (χ1) is 5.29. The lowest BCUT2D eigenvalue weighted by Gasteiger charge is -1.97. The monoisotopic (exact) mass is 216 g/mol. The van der Waals surface area contributed by atoms with Gasteiger partial charge >= 0.3 is 0 Å². The van der Waals surface area contributed by atoms with Crippen LogP contribution in [0.2, 0.25) is 0 Å². The molecule has 0 unspecified atom stereocenters. The number of hydrogen-bond donors (Lipinski definition) is 1. The average molecular weight is 217 g/mol. The Kier molecular flexibility index (Phi) is 3.32. The predicted octanol–water partition coefficient (Wildman–Crippen LogP) is 1.67. The van der Waals surface area contributed by atoms with Crippen LogP contribution in [-0.4, -0.2) is 11.7 Å². The third-order valence-electron chi connectivity index (χ3n) is 1.11. The highest BCUT2D eigenvalue weighted by Crippen LogP contribution is 1.99. The van der Waals surface area contributed by atoms with Gasteiger partial charge < -0.3 is 9.84 Å². The van der Waals surface area contributed by atoms with Crippen molar-refractivity contribution < 1.29 is 4.52 Å². The highest BCUT2D eigenvalue weighted by atomic mass is 79.9. The number of aromatic nitrogens is 1. The summed E-state index contributed by atoms with van der Waals surface area (Å²) in [6.45, 7) is 5.10. The fraction of sp³-hybridized carbons (Fsp3) is 0.286. The highest BCUT2D eigenvalue weighted by Gasteiger charge is 1.94. The van der Waals surface area contributed by atoms with Gasteiger partial charge in [-0.2, -0.15) is 0 Å². The minimum atomic E-state index is 0.685. The molecule has 0 amide bonds. The summed E-state index contributed by atoms with van der Waals surface area (Å²) in [5.41, 5.74) is 0. The Labute approximate surface area is 73.6 Å². The van der Waals surface area contributed by atoms with Crippen LogP contribution >= 0.6 is 15.9 Å². The number of nitrogens with zero attached hydrogens (tertiary/aromatic N) is 1. The zero-order chi connectivity index (χ0) is 8.10. The van der Waals surface area contributed by atoms with Crippen LogP contribution in [0.25, 0.3) is 0 Å². The molecule has 0 saturated heterocycles. The van der Waals surface area contributed by atoms with E-state index >= 15 is 0 Å². The van der Waals surface area contributed by atoms with Crippen LogP contribution in [0.15, 0.2) is 27.8 Å². The third kappa shape index (κ3) is 3.34. The maximum Gasteiger partial charge on any atom is 0.150 e. The molecule has 0 radical (unpaired) electrons. The summed E-state index contributed by atoms with van der Waals surface area (Å²) in [7, 11) is 0. The normalized spacial score (nSPS) is 9.91. The lowest BCUT2D eigenvalue weighted by molar-refractivity contribution is 0.375. The van der Waals surface area contributed by atoms with E-state index in [9.17, 15) is 0 Å². The summed E-state index contributed by atoms with van der Waals surface area (Å²) < 4.78 is 5.79. The SMILES string of the molecule is C=C(Br)CNCc1ccno1. The zero-order valence-corrected chi connectivity index (χ0v) is 7.60. The Hall–Kier alpha value is -0.610. The van der Waals surface area contributed by atoms with Gasteiger partial charge in [0.2, 0.25) is 0 Å². The lowest BCUT2D eigenvalue weighted by Crippen LogP contribution is -2.13. The summed E-state index contributed by atoms with van der Waals surface area (Å²) in [4.78, 5) is 0. The molecule has 11 heavy (non-hydrogen) atoms. The first-order valence-electron chi connectivity index (χ1n) is 3.22.